The number of hydrogen-bond donors (Lipinski definition) is 0. The van der Waals surface area contributed by atoms with E-state index in [0.717, 1.165) is 45.3 Å². The van der Waals surface area contributed by atoms with Crippen molar-refractivity contribution in [2.24, 2.45) is 0 Å². The minimum absolute atomic E-state index is 0.0808. The number of rotatable bonds is 5. The molecule has 0 unspecified atom stereocenters. The van der Waals surface area contributed by atoms with Crippen molar-refractivity contribution in [1.29, 1.82) is 0 Å². The summed E-state index contributed by atoms with van der Waals surface area (Å²) in [6.45, 7) is 6.88. The van der Waals surface area contributed by atoms with Crippen molar-refractivity contribution in [2.75, 3.05) is 5.75 Å². The maximum atomic E-state index is 12.6. The molecule has 0 atom stereocenters. The van der Waals surface area contributed by atoms with Crippen LogP contribution in [0, 0.1) is 13.8 Å². The molecule has 136 valence electrons. The second-order valence-electron chi connectivity index (χ2n) is 6.56. The number of aryl methyl sites for hydroxylation is 3. The lowest BCUT2D eigenvalue weighted by molar-refractivity contribution is 0.102. The molecule has 6 heteroatoms. The molecular weight excluding hydrogens is 356 g/mol. The Kier molecular flexibility index (Phi) is 4.66. The topological polar surface area (TPSA) is 60.7 Å². The van der Waals surface area contributed by atoms with Crippen LogP contribution < -0.4 is 0 Å². The molecule has 0 fully saturated rings. The second-order valence-corrected chi connectivity index (χ2v) is 7.50. The standard InChI is InChI=1S/C21H20N4OS/c1-4-25-17-8-6-5-7-16(17)19-20(25)22-21(24-23-19)27-12-18(26)15-10-9-13(2)11-14(15)3/h5-11H,4,12H2,1-3H3. The number of carbonyl (C=O) groups is 1. The average Bonchev–Trinajstić information content (AvgIpc) is 2.99. The molecule has 5 nitrogen and oxygen atoms in total. The van der Waals surface area contributed by atoms with Crippen molar-refractivity contribution in [3.8, 4) is 0 Å². The van der Waals surface area contributed by atoms with Crippen molar-refractivity contribution < 1.29 is 4.79 Å². The molecule has 0 amide bonds. The van der Waals surface area contributed by atoms with Crippen molar-refractivity contribution in [1.82, 2.24) is 19.7 Å². The van der Waals surface area contributed by atoms with E-state index in [9.17, 15) is 4.79 Å². The van der Waals surface area contributed by atoms with Crippen molar-refractivity contribution in [3.63, 3.8) is 0 Å². The summed E-state index contributed by atoms with van der Waals surface area (Å²) in [6, 6.07) is 14.0. The summed E-state index contributed by atoms with van der Waals surface area (Å²) in [6.07, 6.45) is 0. The van der Waals surface area contributed by atoms with Gasteiger partial charge in [0.15, 0.2) is 11.4 Å². The molecule has 0 radical (unpaired) electrons. The van der Waals surface area contributed by atoms with Gasteiger partial charge in [-0.1, -0.05) is 53.7 Å². The van der Waals surface area contributed by atoms with E-state index in [2.05, 4.69) is 32.7 Å². The van der Waals surface area contributed by atoms with Gasteiger partial charge in [-0.2, -0.15) is 0 Å². The zero-order chi connectivity index (χ0) is 19.0. The van der Waals surface area contributed by atoms with Gasteiger partial charge >= 0.3 is 0 Å². The van der Waals surface area contributed by atoms with Crippen molar-refractivity contribution >= 4 is 39.6 Å². The number of fused-ring (bicyclic) bond motifs is 3. The number of benzene rings is 2. The Balaban J connectivity index is 1.63. The first kappa shape index (κ1) is 17.7. The first-order valence-electron chi connectivity index (χ1n) is 8.93. The molecule has 2 heterocycles. The molecular formula is C21H20N4OS. The van der Waals surface area contributed by atoms with Gasteiger partial charge in [-0.3, -0.25) is 4.79 Å². The maximum absolute atomic E-state index is 12.6. The van der Waals surface area contributed by atoms with E-state index in [1.165, 1.54) is 11.8 Å². The molecule has 2 aromatic heterocycles. The highest BCUT2D eigenvalue weighted by Gasteiger charge is 2.15. The molecule has 27 heavy (non-hydrogen) atoms. The highest BCUT2D eigenvalue weighted by atomic mass is 32.2. The number of thioether (sulfide) groups is 1. The maximum Gasteiger partial charge on any atom is 0.211 e. The van der Waals surface area contributed by atoms with E-state index < -0.39 is 0 Å². The average molecular weight is 376 g/mol. The molecule has 4 aromatic rings. The third kappa shape index (κ3) is 3.21. The molecule has 0 saturated carbocycles. The Bertz CT molecular complexity index is 1170. The van der Waals surface area contributed by atoms with Crippen LogP contribution >= 0.6 is 11.8 Å². The van der Waals surface area contributed by atoms with Crippen LogP contribution in [-0.4, -0.2) is 31.3 Å². The van der Waals surface area contributed by atoms with Gasteiger partial charge in [-0.25, -0.2) is 4.98 Å². The Hall–Kier alpha value is -2.73. The molecule has 0 aliphatic carbocycles. The molecule has 0 saturated heterocycles. The lowest BCUT2D eigenvalue weighted by atomic mass is 10.0. The monoisotopic (exact) mass is 376 g/mol. The Morgan fingerprint density at radius 3 is 2.70 bits per heavy atom. The fourth-order valence-electron chi connectivity index (χ4n) is 3.40. The number of hydrogen-bond acceptors (Lipinski definition) is 5. The largest absolute Gasteiger partial charge is 0.324 e. The number of carbonyl (C=O) groups excluding carboxylic acids is 1. The second kappa shape index (κ2) is 7.12. The summed E-state index contributed by atoms with van der Waals surface area (Å²) in [7, 11) is 0. The van der Waals surface area contributed by atoms with E-state index in [1.54, 1.807) is 0 Å². The van der Waals surface area contributed by atoms with Gasteiger partial charge < -0.3 is 4.57 Å². The van der Waals surface area contributed by atoms with Crippen molar-refractivity contribution in [2.45, 2.75) is 32.5 Å². The minimum Gasteiger partial charge on any atom is -0.324 e. The van der Waals surface area contributed by atoms with E-state index in [1.807, 2.05) is 50.2 Å². The summed E-state index contributed by atoms with van der Waals surface area (Å²) >= 11 is 1.33. The number of nitrogens with zero attached hydrogens (tertiary/aromatic N) is 4. The number of aromatic nitrogens is 4. The fourth-order valence-corrected chi connectivity index (χ4v) is 4.07. The van der Waals surface area contributed by atoms with E-state index in [4.69, 9.17) is 0 Å². The number of Topliss-reactive ketones (excluding diaryl/α,β-unsaturated/α-hetero) is 1. The zero-order valence-electron chi connectivity index (χ0n) is 15.6. The molecule has 0 aliphatic rings. The Morgan fingerprint density at radius 2 is 1.93 bits per heavy atom. The highest BCUT2D eigenvalue weighted by Crippen LogP contribution is 2.27. The predicted molar refractivity (Wildman–Crippen MR) is 109 cm³/mol. The van der Waals surface area contributed by atoms with Gasteiger partial charge in [-0.05, 0) is 32.4 Å². The Labute approximate surface area is 161 Å². The SMILES string of the molecule is CCn1c2ccccc2c2nnc(SCC(=O)c3ccc(C)cc3C)nc21. The van der Waals surface area contributed by atoms with Gasteiger partial charge in [0.1, 0.15) is 5.52 Å². The zero-order valence-corrected chi connectivity index (χ0v) is 16.4. The molecule has 0 N–H and O–H groups in total. The van der Waals surface area contributed by atoms with Gasteiger partial charge in [-0.15, -0.1) is 10.2 Å². The number of para-hydroxylation sites is 1. The summed E-state index contributed by atoms with van der Waals surface area (Å²) in [5, 5.41) is 10.2. The van der Waals surface area contributed by atoms with Gasteiger partial charge in [0, 0.05) is 17.5 Å². The van der Waals surface area contributed by atoms with Crippen LogP contribution in [0.1, 0.15) is 28.4 Å². The van der Waals surface area contributed by atoms with E-state index >= 15 is 0 Å². The summed E-state index contributed by atoms with van der Waals surface area (Å²) < 4.78 is 2.13. The summed E-state index contributed by atoms with van der Waals surface area (Å²) in [4.78, 5) is 17.3. The van der Waals surface area contributed by atoms with E-state index in [0.29, 0.717) is 10.9 Å². The summed E-state index contributed by atoms with van der Waals surface area (Å²) in [5.41, 5.74) is 5.63. The first-order valence-corrected chi connectivity index (χ1v) is 9.92. The van der Waals surface area contributed by atoms with Crippen LogP contribution in [-0.2, 0) is 6.54 Å². The lowest BCUT2D eigenvalue weighted by Crippen LogP contribution is -2.06. The van der Waals surface area contributed by atoms with Gasteiger partial charge in [0.2, 0.25) is 5.16 Å². The molecule has 4 rings (SSSR count). The van der Waals surface area contributed by atoms with Crippen LogP contribution in [0.2, 0.25) is 0 Å². The minimum atomic E-state index is 0.0808. The fraction of sp³-hybridized carbons (Fsp3) is 0.238. The van der Waals surface area contributed by atoms with Crippen LogP contribution in [0.3, 0.4) is 0 Å². The quantitative estimate of drug-likeness (QED) is 0.376. The van der Waals surface area contributed by atoms with Crippen LogP contribution in [0.15, 0.2) is 47.6 Å². The molecule has 0 bridgehead atoms. The third-order valence-corrected chi connectivity index (χ3v) is 5.52. The smallest absolute Gasteiger partial charge is 0.211 e. The Morgan fingerprint density at radius 1 is 1.11 bits per heavy atom. The first-order chi connectivity index (χ1) is 13.1. The molecule has 0 spiro atoms. The van der Waals surface area contributed by atoms with Crippen LogP contribution in [0.25, 0.3) is 22.1 Å². The van der Waals surface area contributed by atoms with Crippen LogP contribution in [0.5, 0.6) is 0 Å². The predicted octanol–water partition coefficient (Wildman–Crippen LogP) is 4.59. The molecule has 2 aromatic carbocycles. The molecule has 0 aliphatic heterocycles. The van der Waals surface area contributed by atoms with E-state index in [-0.39, 0.29) is 5.78 Å². The number of ketones is 1. The van der Waals surface area contributed by atoms with Crippen molar-refractivity contribution in [3.05, 3.63) is 59.2 Å². The van der Waals surface area contributed by atoms with Gasteiger partial charge in [0.25, 0.3) is 0 Å². The lowest BCUT2D eigenvalue weighted by Gasteiger charge is -2.06. The third-order valence-electron chi connectivity index (χ3n) is 4.69. The highest BCUT2D eigenvalue weighted by molar-refractivity contribution is 7.99. The van der Waals surface area contributed by atoms with Gasteiger partial charge in [0.05, 0.1) is 11.3 Å². The van der Waals surface area contributed by atoms with Crippen LogP contribution in [0.4, 0.5) is 0 Å². The summed E-state index contributed by atoms with van der Waals surface area (Å²) in [5.74, 6) is 0.376. The normalized spacial score (nSPS) is 11.4.